The highest BCUT2D eigenvalue weighted by Crippen LogP contribution is 2.24. The monoisotopic (exact) mass is 418 g/mol. The summed E-state index contributed by atoms with van der Waals surface area (Å²) >= 11 is 7.46. The number of benzene rings is 1. The molecule has 6 nitrogen and oxygen atoms in total. The molecule has 3 rings (SSSR count). The molecule has 1 amide bonds. The lowest BCUT2D eigenvalue weighted by molar-refractivity contribution is -0.121. The van der Waals surface area contributed by atoms with E-state index in [1.165, 1.54) is 13.2 Å². The molecule has 0 bridgehead atoms. The third-order valence-electron chi connectivity index (χ3n) is 3.96. The molecule has 2 aromatic heterocycles. The van der Waals surface area contributed by atoms with Gasteiger partial charge in [-0.3, -0.25) is 9.59 Å². The quantitative estimate of drug-likeness (QED) is 0.564. The number of nitrogens with zero attached hydrogens (tertiary/aromatic N) is 1. The molecule has 0 aliphatic carbocycles. The average Bonchev–Trinajstić information content (AvgIpc) is 3.21. The Kier molecular flexibility index (Phi) is 6.84. The summed E-state index contributed by atoms with van der Waals surface area (Å²) in [5.41, 5.74) is 0.500. The molecule has 0 fully saturated rings. The van der Waals surface area contributed by atoms with Gasteiger partial charge in [-0.2, -0.15) is 0 Å². The lowest BCUT2D eigenvalue weighted by atomic mass is 10.3. The molecule has 1 aromatic carbocycles. The smallest absolute Gasteiger partial charge is 0.240 e. The zero-order chi connectivity index (χ0) is 19.9. The second-order valence-electron chi connectivity index (χ2n) is 5.92. The first-order valence-corrected chi connectivity index (χ1v) is 9.86. The minimum absolute atomic E-state index is 0.0634. The van der Waals surface area contributed by atoms with Crippen LogP contribution in [0.1, 0.15) is 11.5 Å². The molecule has 0 radical (unpaired) electrons. The number of ether oxygens (including phenoxy) is 1. The topological polar surface area (TPSA) is 73.5 Å². The summed E-state index contributed by atoms with van der Waals surface area (Å²) in [7, 11) is 1.43. The fourth-order valence-electron chi connectivity index (χ4n) is 2.52. The van der Waals surface area contributed by atoms with Gasteiger partial charge in [0.05, 0.1) is 26.1 Å². The first-order valence-electron chi connectivity index (χ1n) is 8.50. The Labute approximate surface area is 171 Å². The Bertz CT molecular complexity index is 984. The first-order chi connectivity index (χ1) is 13.5. The van der Waals surface area contributed by atoms with Gasteiger partial charge in [-0.05, 0) is 36.4 Å². The summed E-state index contributed by atoms with van der Waals surface area (Å²) in [4.78, 5) is 25.5. The zero-order valence-corrected chi connectivity index (χ0v) is 16.8. The number of aromatic nitrogens is 1. The van der Waals surface area contributed by atoms with E-state index in [0.717, 1.165) is 10.6 Å². The molecule has 0 spiro atoms. The van der Waals surface area contributed by atoms with E-state index in [9.17, 15) is 9.59 Å². The number of halogens is 1. The van der Waals surface area contributed by atoms with Crippen LogP contribution in [0, 0.1) is 0 Å². The second-order valence-corrected chi connectivity index (χ2v) is 7.41. The molecule has 0 atom stereocenters. The fourth-order valence-corrected chi connectivity index (χ4v) is 3.53. The Balaban J connectivity index is 1.72. The fraction of sp³-hybridized carbons (Fsp3) is 0.200. The van der Waals surface area contributed by atoms with E-state index in [2.05, 4.69) is 5.32 Å². The number of furan rings is 1. The summed E-state index contributed by atoms with van der Waals surface area (Å²) in [5, 5.41) is 3.46. The highest BCUT2D eigenvalue weighted by atomic mass is 35.5. The van der Waals surface area contributed by atoms with Crippen LogP contribution >= 0.6 is 23.4 Å². The lowest BCUT2D eigenvalue weighted by Crippen LogP contribution is -2.28. The Morgan fingerprint density at radius 1 is 1.29 bits per heavy atom. The molecule has 0 aliphatic rings. The molecule has 0 saturated carbocycles. The number of methoxy groups -OCH3 is 1. The maximum atomic E-state index is 12.3. The number of carbonyl (C=O) groups is 1. The van der Waals surface area contributed by atoms with Crippen molar-refractivity contribution in [2.75, 3.05) is 7.11 Å². The number of nitrogens with one attached hydrogen (secondary N) is 1. The van der Waals surface area contributed by atoms with Crippen LogP contribution in [0.25, 0.3) is 0 Å². The summed E-state index contributed by atoms with van der Waals surface area (Å²) in [5.74, 6) is 1.19. The molecule has 2 heterocycles. The van der Waals surface area contributed by atoms with Crippen molar-refractivity contribution in [1.29, 1.82) is 0 Å². The van der Waals surface area contributed by atoms with Crippen molar-refractivity contribution >= 4 is 29.3 Å². The summed E-state index contributed by atoms with van der Waals surface area (Å²) in [6, 6.07) is 12.5. The van der Waals surface area contributed by atoms with Crippen LogP contribution in [0.2, 0.25) is 5.02 Å². The predicted molar refractivity (Wildman–Crippen MR) is 109 cm³/mol. The predicted octanol–water partition coefficient (Wildman–Crippen LogP) is 3.71. The number of hydrogen-bond acceptors (Lipinski definition) is 5. The standard InChI is InChI=1S/C20H19ClN2O4S/c1-26-19-11-23(12-20(25)22-10-16-3-2-8-27-16)15(9-18(19)24)13-28-17-6-4-14(21)5-7-17/h2-9,11H,10,12-13H2,1H3,(H,22,25). The first kappa shape index (κ1) is 20.1. The zero-order valence-electron chi connectivity index (χ0n) is 15.2. The number of thioether (sulfide) groups is 1. The van der Waals surface area contributed by atoms with E-state index < -0.39 is 0 Å². The van der Waals surface area contributed by atoms with Gasteiger partial charge < -0.3 is 19.0 Å². The molecular weight excluding hydrogens is 400 g/mol. The van der Waals surface area contributed by atoms with Gasteiger partial charge in [-0.1, -0.05) is 11.6 Å². The normalized spacial score (nSPS) is 10.6. The van der Waals surface area contributed by atoms with E-state index >= 15 is 0 Å². The van der Waals surface area contributed by atoms with Crippen molar-refractivity contribution < 1.29 is 13.9 Å². The van der Waals surface area contributed by atoms with E-state index in [1.54, 1.807) is 40.9 Å². The van der Waals surface area contributed by atoms with Crippen molar-refractivity contribution in [2.24, 2.45) is 0 Å². The molecule has 1 N–H and O–H groups in total. The molecule has 0 saturated heterocycles. The van der Waals surface area contributed by atoms with Crippen LogP contribution < -0.4 is 15.5 Å². The SMILES string of the molecule is COc1cn(CC(=O)NCc2ccco2)c(CSc2ccc(Cl)cc2)cc1=O. The van der Waals surface area contributed by atoms with Crippen molar-refractivity contribution in [3.63, 3.8) is 0 Å². The van der Waals surface area contributed by atoms with E-state index in [1.807, 2.05) is 24.3 Å². The van der Waals surface area contributed by atoms with Crippen molar-refractivity contribution in [1.82, 2.24) is 9.88 Å². The van der Waals surface area contributed by atoms with Gasteiger partial charge in [0.1, 0.15) is 12.3 Å². The number of pyridine rings is 1. The summed E-state index contributed by atoms with van der Waals surface area (Å²) in [6.07, 6.45) is 3.12. The molecule has 0 unspecified atom stereocenters. The van der Waals surface area contributed by atoms with Crippen molar-refractivity contribution in [3.8, 4) is 5.75 Å². The van der Waals surface area contributed by atoms with Gasteiger partial charge >= 0.3 is 0 Å². The van der Waals surface area contributed by atoms with Crippen molar-refractivity contribution in [2.45, 2.75) is 23.7 Å². The second kappa shape index (κ2) is 9.52. The van der Waals surface area contributed by atoms with Gasteiger partial charge in [-0.25, -0.2) is 0 Å². The third kappa shape index (κ3) is 5.43. The van der Waals surface area contributed by atoms with Crippen LogP contribution in [-0.2, 0) is 23.6 Å². The van der Waals surface area contributed by atoms with Gasteiger partial charge in [0.25, 0.3) is 0 Å². The Hall–Kier alpha value is -2.64. The van der Waals surface area contributed by atoms with Crippen molar-refractivity contribution in [3.05, 3.63) is 81.6 Å². The van der Waals surface area contributed by atoms with E-state index in [0.29, 0.717) is 23.1 Å². The summed E-state index contributed by atoms with van der Waals surface area (Å²) in [6.45, 7) is 0.367. The molecule has 0 aliphatic heterocycles. The van der Waals surface area contributed by atoms with Crippen LogP contribution in [0.3, 0.4) is 0 Å². The van der Waals surface area contributed by atoms with E-state index in [4.69, 9.17) is 20.8 Å². The maximum absolute atomic E-state index is 12.3. The lowest BCUT2D eigenvalue weighted by Gasteiger charge is -2.14. The minimum atomic E-state index is -0.221. The highest BCUT2D eigenvalue weighted by molar-refractivity contribution is 7.98. The van der Waals surface area contributed by atoms with Crippen LogP contribution in [0.5, 0.6) is 5.75 Å². The van der Waals surface area contributed by atoms with Gasteiger partial charge in [0.2, 0.25) is 11.3 Å². The van der Waals surface area contributed by atoms with Gasteiger partial charge in [0.15, 0.2) is 5.75 Å². The number of rotatable bonds is 8. The van der Waals surface area contributed by atoms with Gasteiger partial charge in [0, 0.05) is 27.4 Å². The number of amides is 1. The highest BCUT2D eigenvalue weighted by Gasteiger charge is 2.11. The third-order valence-corrected chi connectivity index (χ3v) is 5.25. The molecule has 146 valence electrons. The summed E-state index contributed by atoms with van der Waals surface area (Å²) < 4.78 is 12.0. The number of hydrogen-bond donors (Lipinski definition) is 1. The van der Waals surface area contributed by atoms with Gasteiger partial charge in [-0.15, -0.1) is 11.8 Å². The van der Waals surface area contributed by atoms with E-state index in [-0.39, 0.29) is 23.6 Å². The molecule has 3 aromatic rings. The molecular formula is C20H19ClN2O4S. The van der Waals surface area contributed by atoms with Crippen LogP contribution in [0.15, 0.2) is 69.0 Å². The Morgan fingerprint density at radius 3 is 2.75 bits per heavy atom. The number of carbonyl (C=O) groups excluding carboxylic acids is 1. The maximum Gasteiger partial charge on any atom is 0.240 e. The largest absolute Gasteiger partial charge is 0.491 e. The Morgan fingerprint density at radius 2 is 2.07 bits per heavy atom. The van der Waals surface area contributed by atoms with Crippen LogP contribution in [0.4, 0.5) is 0 Å². The molecule has 28 heavy (non-hydrogen) atoms. The van der Waals surface area contributed by atoms with Crippen LogP contribution in [-0.4, -0.2) is 17.6 Å². The molecule has 8 heteroatoms. The minimum Gasteiger partial charge on any atom is -0.491 e. The average molecular weight is 419 g/mol.